The van der Waals surface area contributed by atoms with Crippen molar-refractivity contribution < 1.29 is 9.59 Å². The second-order valence-electron chi connectivity index (χ2n) is 6.34. The van der Waals surface area contributed by atoms with Crippen molar-refractivity contribution in [1.82, 2.24) is 9.88 Å². The highest BCUT2D eigenvalue weighted by Crippen LogP contribution is 2.14. The summed E-state index contributed by atoms with van der Waals surface area (Å²) < 4.78 is 0. The number of hydrogen-bond acceptors (Lipinski definition) is 4. The second kappa shape index (κ2) is 7.92. The van der Waals surface area contributed by atoms with Crippen molar-refractivity contribution in [2.24, 2.45) is 0 Å². The van der Waals surface area contributed by atoms with Gasteiger partial charge in [0.05, 0.1) is 0 Å². The van der Waals surface area contributed by atoms with Gasteiger partial charge >= 0.3 is 0 Å². The van der Waals surface area contributed by atoms with Crippen molar-refractivity contribution in [2.45, 2.75) is 19.8 Å². The predicted octanol–water partition coefficient (Wildman–Crippen LogP) is 2.70. The molecule has 1 aromatic heterocycles. The summed E-state index contributed by atoms with van der Waals surface area (Å²) in [6.45, 7) is 4.88. The van der Waals surface area contributed by atoms with E-state index in [2.05, 4.69) is 9.88 Å². The molecule has 0 spiro atoms. The largest absolute Gasteiger partial charge is 0.353 e. The molecule has 1 amide bonds. The Balaban J connectivity index is 1.46. The lowest BCUT2D eigenvalue weighted by molar-refractivity contribution is -0.131. The Kier molecular flexibility index (Phi) is 5.43. The van der Waals surface area contributed by atoms with Crippen molar-refractivity contribution in [2.75, 3.05) is 31.1 Å². The zero-order valence-electron chi connectivity index (χ0n) is 14.5. The van der Waals surface area contributed by atoms with Crippen molar-refractivity contribution in [3.63, 3.8) is 0 Å². The molecule has 2 heterocycles. The van der Waals surface area contributed by atoms with Crippen molar-refractivity contribution in [3.05, 3.63) is 59.8 Å². The predicted molar refractivity (Wildman–Crippen MR) is 97.8 cm³/mol. The number of Topliss-reactive ketones (excluding diaryl/α,β-unsaturated/α-hetero) is 1. The number of ketones is 1. The van der Waals surface area contributed by atoms with E-state index in [9.17, 15) is 9.59 Å². The molecular weight excluding hydrogens is 314 g/mol. The van der Waals surface area contributed by atoms with Crippen LogP contribution in [0.15, 0.2) is 48.7 Å². The number of carbonyl (C=O) groups is 2. The smallest absolute Gasteiger partial charge is 0.223 e. The van der Waals surface area contributed by atoms with E-state index in [1.54, 1.807) is 6.20 Å². The van der Waals surface area contributed by atoms with E-state index in [4.69, 9.17) is 0 Å². The van der Waals surface area contributed by atoms with E-state index in [1.165, 1.54) is 0 Å². The van der Waals surface area contributed by atoms with Gasteiger partial charge in [0.2, 0.25) is 5.91 Å². The maximum atomic E-state index is 12.4. The SMILES string of the molecule is Cc1ccc(C(=O)CCC(=O)N2CCN(c3ccccn3)CC2)cc1. The molecule has 1 saturated heterocycles. The Bertz CT molecular complexity index is 720. The highest BCUT2D eigenvalue weighted by atomic mass is 16.2. The zero-order chi connectivity index (χ0) is 17.6. The molecular formula is C20H23N3O2. The van der Waals surface area contributed by atoms with Crippen LogP contribution in [-0.4, -0.2) is 47.8 Å². The van der Waals surface area contributed by atoms with Crippen molar-refractivity contribution in [3.8, 4) is 0 Å². The van der Waals surface area contributed by atoms with Crippen LogP contribution in [0.2, 0.25) is 0 Å². The van der Waals surface area contributed by atoms with Crippen LogP contribution in [0.1, 0.15) is 28.8 Å². The lowest BCUT2D eigenvalue weighted by atomic mass is 10.0. The van der Waals surface area contributed by atoms with Gasteiger partial charge in [-0.2, -0.15) is 0 Å². The maximum absolute atomic E-state index is 12.4. The van der Waals surface area contributed by atoms with Crippen LogP contribution in [0.3, 0.4) is 0 Å². The number of rotatable bonds is 5. The minimum absolute atomic E-state index is 0.0282. The van der Waals surface area contributed by atoms with Gasteiger partial charge in [-0.1, -0.05) is 35.9 Å². The number of hydrogen-bond donors (Lipinski definition) is 0. The highest BCUT2D eigenvalue weighted by molar-refractivity contribution is 5.98. The first kappa shape index (κ1) is 17.1. The first-order valence-corrected chi connectivity index (χ1v) is 8.67. The Morgan fingerprint density at radius 2 is 1.68 bits per heavy atom. The fraction of sp³-hybridized carbons (Fsp3) is 0.350. The number of amides is 1. The molecule has 0 N–H and O–H groups in total. The van der Waals surface area contributed by atoms with E-state index >= 15 is 0 Å². The van der Waals surface area contributed by atoms with Gasteiger partial charge in [0.25, 0.3) is 0 Å². The van der Waals surface area contributed by atoms with Gasteiger partial charge in [-0.3, -0.25) is 9.59 Å². The molecule has 0 saturated carbocycles. The van der Waals surface area contributed by atoms with Crippen molar-refractivity contribution >= 4 is 17.5 Å². The molecule has 1 aliphatic heterocycles. The standard InChI is InChI=1S/C20H23N3O2/c1-16-5-7-17(8-6-16)18(24)9-10-20(25)23-14-12-22(13-15-23)19-4-2-3-11-21-19/h2-8,11H,9-10,12-15H2,1H3. The van der Waals surface area contributed by atoms with Gasteiger partial charge < -0.3 is 9.80 Å². The van der Waals surface area contributed by atoms with Crippen LogP contribution < -0.4 is 4.90 Å². The summed E-state index contributed by atoms with van der Waals surface area (Å²) in [6.07, 6.45) is 2.32. The van der Waals surface area contributed by atoms with E-state index in [1.807, 2.05) is 54.3 Å². The molecule has 1 aliphatic rings. The number of pyridine rings is 1. The Morgan fingerprint density at radius 1 is 0.960 bits per heavy atom. The number of aryl methyl sites for hydroxylation is 1. The van der Waals surface area contributed by atoms with Crippen LogP contribution >= 0.6 is 0 Å². The van der Waals surface area contributed by atoms with E-state index in [-0.39, 0.29) is 24.5 Å². The van der Waals surface area contributed by atoms with Gasteiger partial charge in [-0.25, -0.2) is 4.98 Å². The normalized spacial score (nSPS) is 14.4. The summed E-state index contributed by atoms with van der Waals surface area (Å²) >= 11 is 0. The van der Waals surface area contributed by atoms with Crippen LogP contribution in [0.4, 0.5) is 5.82 Å². The minimum atomic E-state index is 0.0282. The van der Waals surface area contributed by atoms with Gasteiger partial charge in [0.1, 0.15) is 5.82 Å². The van der Waals surface area contributed by atoms with E-state index in [0.717, 1.165) is 24.5 Å². The lowest BCUT2D eigenvalue weighted by Crippen LogP contribution is -2.49. The summed E-state index contributed by atoms with van der Waals surface area (Å²) in [5.41, 5.74) is 1.80. The summed E-state index contributed by atoms with van der Waals surface area (Å²) in [4.78, 5) is 32.9. The third kappa shape index (κ3) is 4.44. The Morgan fingerprint density at radius 3 is 2.32 bits per heavy atom. The molecule has 5 heteroatoms. The first-order valence-electron chi connectivity index (χ1n) is 8.67. The third-order valence-corrected chi connectivity index (χ3v) is 4.55. The zero-order valence-corrected chi connectivity index (χ0v) is 14.5. The Labute approximate surface area is 148 Å². The molecule has 2 aromatic rings. The fourth-order valence-electron chi connectivity index (χ4n) is 2.99. The number of carbonyl (C=O) groups excluding carboxylic acids is 2. The van der Waals surface area contributed by atoms with Gasteiger partial charge in [-0.15, -0.1) is 0 Å². The molecule has 0 unspecified atom stereocenters. The molecule has 0 bridgehead atoms. The summed E-state index contributed by atoms with van der Waals surface area (Å²) in [6, 6.07) is 13.3. The number of benzene rings is 1. The number of anilines is 1. The van der Waals surface area contributed by atoms with Gasteiger partial charge in [0, 0.05) is 50.8 Å². The molecule has 3 rings (SSSR count). The number of aromatic nitrogens is 1. The number of piperazine rings is 1. The van der Waals surface area contributed by atoms with Crippen LogP contribution in [0.25, 0.3) is 0 Å². The van der Waals surface area contributed by atoms with Gasteiger partial charge in [0.15, 0.2) is 5.78 Å². The average Bonchev–Trinajstić information content (AvgIpc) is 2.67. The van der Waals surface area contributed by atoms with E-state index in [0.29, 0.717) is 18.7 Å². The molecule has 0 atom stereocenters. The third-order valence-electron chi connectivity index (χ3n) is 4.55. The average molecular weight is 337 g/mol. The molecule has 1 aromatic carbocycles. The molecule has 0 radical (unpaired) electrons. The minimum Gasteiger partial charge on any atom is -0.353 e. The molecule has 1 fully saturated rings. The second-order valence-corrected chi connectivity index (χ2v) is 6.34. The molecule has 25 heavy (non-hydrogen) atoms. The summed E-state index contributed by atoms with van der Waals surface area (Å²) in [5, 5.41) is 0. The van der Waals surface area contributed by atoms with Crippen LogP contribution in [-0.2, 0) is 4.79 Å². The summed E-state index contributed by atoms with van der Waals surface area (Å²) in [7, 11) is 0. The van der Waals surface area contributed by atoms with Crippen LogP contribution in [0.5, 0.6) is 0 Å². The van der Waals surface area contributed by atoms with E-state index < -0.39 is 0 Å². The molecule has 130 valence electrons. The first-order chi connectivity index (χ1) is 12.1. The highest BCUT2D eigenvalue weighted by Gasteiger charge is 2.22. The van der Waals surface area contributed by atoms with Crippen molar-refractivity contribution in [1.29, 1.82) is 0 Å². The fourth-order valence-corrected chi connectivity index (χ4v) is 2.99. The summed E-state index contributed by atoms with van der Waals surface area (Å²) in [5.74, 6) is 1.03. The maximum Gasteiger partial charge on any atom is 0.223 e. The van der Waals surface area contributed by atoms with Crippen LogP contribution in [0, 0.1) is 6.92 Å². The quantitative estimate of drug-likeness (QED) is 0.787. The number of nitrogens with zero attached hydrogens (tertiary/aromatic N) is 3. The molecule has 0 aliphatic carbocycles. The molecule has 5 nitrogen and oxygen atoms in total. The Hall–Kier alpha value is -2.69. The lowest BCUT2D eigenvalue weighted by Gasteiger charge is -2.35. The monoisotopic (exact) mass is 337 g/mol. The van der Waals surface area contributed by atoms with Gasteiger partial charge in [-0.05, 0) is 19.1 Å². The topological polar surface area (TPSA) is 53.5 Å².